The fourth-order valence-corrected chi connectivity index (χ4v) is 1.88. The lowest BCUT2D eigenvalue weighted by Gasteiger charge is -2.10. The van der Waals surface area contributed by atoms with Crippen LogP contribution in [0, 0.1) is 19.8 Å². The van der Waals surface area contributed by atoms with Crippen LogP contribution in [0.5, 0.6) is 0 Å². The molecule has 18 heavy (non-hydrogen) atoms. The molecule has 3 heteroatoms. The number of benzene rings is 1. The number of nitrogens with two attached hydrogens (primary N) is 1. The Kier molecular flexibility index (Phi) is 5.20. The van der Waals surface area contributed by atoms with Crippen molar-refractivity contribution in [3.8, 4) is 0 Å². The maximum absolute atomic E-state index is 11.9. The van der Waals surface area contributed by atoms with Gasteiger partial charge in [-0.2, -0.15) is 0 Å². The van der Waals surface area contributed by atoms with Gasteiger partial charge in [0.1, 0.15) is 0 Å². The third-order valence-electron chi connectivity index (χ3n) is 2.91. The van der Waals surface area contributed by atoms with Gasteiger partial charge in [0.25, 0.3) is 0 Å². The summed E-state index contributed by atoms with van der Waals surface area (Å²) in [6.45, 7) is 8.62. The van der Waals surface area contributed by atoms with E-state index in [1.54, 1.807) is 6.07 Å². The SMILES string of the molecule is Cc1cc(C)c(N)c(C(=O)OCCCC(C)C)c1. The van der Waals surface area contributed by atoms with Crippen molar-refractivity contribution in [3.05, 3.63) is 28.8 Å². The minimum absolute atomic E-state index is 0.317. The highest BCUT2D eigenvalue weighted by Gasteiger charge is 2.13. The Balaban J connectivity index is 2.62. The molecule has 1 aromatic rings. The van der Waals surface area contributed by atoms with Gasteiger partial charge in [0.2, 0.25) is 0 Å². The standard InChI is InChI=1S/C15H23NO2/c1-10(2)6-5-7-18-15(17)13-9-11(3)8-12(4)14(13)16/h8-10H,5-7,16H2,1-4H3. The number of hydrogen-bond acceptors (Lipinski definition) is 3. The lowest BCUT2D eigenvalue weighted by atomic mass is 10.0. The lowest BCUT2D eigenvalue weighted by Crippen LogP contribution is -2.11. The largest absolute Gasteiger partial charge is 0.462 e. The molecule has 1 aromatic carbocycles. The fourth-order valence-electron chi connectivity index (χ4n) is 1.88. The molecule has 0 aliphatic carbocycles. The highest BCUT2D eigenvalue weighted by Crippen LogP contribution is 2.20. The number of esters is 1. The molecule has 3 nitrogen and oxygen atoms in total. The summed E-state index contributed by atoms with van der Waals surface area (Å²) in [6, 6.07) is 3.75. The van der Waals surface area contributed by atoms with Crippen molar-refractivity contribution in [3.63, 3.8) is 0 Å². The quantitative estimate of drug-likeness (QED) is 0.494. The first kappa shape index (κ1) is 14.6. The summed E-state index contributed by atoms with van der Waals surface area (Å²) >= 11 is 0. The molecule has 0 aliphatic rings. The molecule has 0 saturated carbocycles. The molecule has 0 unspecified atom stereocenters. The molecule has 0 saturated heterocycles. The first-order valence-electron chi connectivity index (χ1n) is 6.45. The molecule has 0 radical (unpaired) electrons. The van der Waals surface area contributed by atoms with Gasteiger partial charge < -0.3 is 10.5 Å². The van der Waals surface area contributed by atoms with Gasteiger partial charge in [0, 0.05) is 5.69 Å². The van der Waals surface area contributed by atoms with Gasteiger partial charge in [-0.1, -0.05) is 19.9 Å². The minimum Gasteiger partial charge on any atom is -0.462 e. The van der Waals surface area contributed by atoms with E-state index >= 15 is 0 Å². The van der Waals surface area contributed by atoms with Gasteiger partial charge in [-0.15, -0.1) is 0 Å². The molecule has 0 aromatic heterocycles. The van der Waals surface area contributed by atoms with Crippen molar-refractivity contribution >= 4 is 11.7 Å². The Hall–Kier alpha value is -1.51. The van der Waals surface area contributed by atoms with E-state index in [1.807, 2.05) is 19.9 Å². The monoisotopic (exact) mass is 249 g/mol. The van der Waals surface area contributed by atoms with Crippen molar-refractivity contribution in [2.24, 2.45) is 5.92 Å². The summed E-state index contributed by atoms with van der Waals surface area (Å²) in [5.74, 6) is 0.318. The maximum atomic E-state index is 11.9. The van der Waals surface area contributed by atoms with Crippen molar-refractivity contribution in [2.45, 2.75) is 40.5 Å². The number of anilines is 1. The summed E-state index contributed by atoms with van der Waals surface area (Å²) in [7, 11) is 0. The van der Waals surface area contributed by atoms with E-state index < -0.39 is 0 Å². The first-order valence-corrected chi connectivity index (χ1v) is 6.45. The average molecular weight is 249 g/mol. The van der Waals surface area contributed by atoms with E-state index in [9.17, 15) is 4.79 Å². The summed E-state index contributed by atoms with van der Waals surface area (Å²) in [5, 5.41) is 0. The van der Waals surface area contributed by atoms with Crippen LogP contribution in [0.3, 0.4) is 0 Å². The maximum Gasteiger partial charge on any atom is 0.340 e. The molecule has 0 heterocycles. The zero-order valence-corrected chi connectivity index (χ0v) is 11.7. The predicted molar refractivity (Wildman–Crippen MR) is 74.7 cm³/mol. The van der Waals surface area contributed by atoms with E-state index in [0.717, 1.165) is 24.0 Å². The zero-order chi connectivity index (χ0) is 13.7. The summed E-state index contributed by atoms with van der Waals surface area (Å²) in [5.41, 5.74) is 8.85. The van der Waals surface area contributed by atoms with E-state index in [-0.39, 0.29) is 5.97 Å². The van der Waals surface area contributed by atoms with Gasteiger partial charge in [-0.3, -0.25) is 0 Å². The summed E-state index contributed by atoms with van der Waals surface area (Å²) in [6.07, 6.45) is 1.96. The van der Waals surface area contributed by atoms with E-state index in [4.69, 9.17) is 10.5 Å². The molecule has 1 rings (SSSR count). The predicted octanol–water partition coefficient (Wildman–Crippen LogP) is 3.48. The van der Waals surface area contributed by atoms with Crippen molar-refractivity contribution in [1.82, 2.24) is 0 Å². The van der Waals surface area contributed by atoms with E-state index in [2.05, 4.69) is 13.8 Å². The molecule has 0 fully saturated rings. The molecule has 0 aliphatic heterocycles. The number of carbonyl (C=O) groups excluding carboxylic acids is 1. The number of carbonyl (C=O) groups is 1. The topological polar surface area (TPSA) is 52.3 Å². The normalized spacial score (nSPS) is 10.7. The second-order valence-corrected chi connectivity index (χ2v) is 5.22. The molecular weight excluding hydrogens is 226 g/mol. The second-order valence-electron chi connectivity index (χ2n) is 5.22. The van der Waals surface area contributed by atoms with Crippen LogP contribution in [-0.2, 0) is 4.74 Å². The van der Waals surface area contributed by atoms with Gasteiger partial charge in [-0.05, 0) is 49.8 Å². The second kappa shape index (κ2) is 6.43. The Morgan fingerprint density at radius 2 is 2.00 bits per heavy atom. The number of ether oxygens (including phenoxy) is 1. The molecule has 100 valence electrons. The van der Waals surface area contributed by atoms with E-state index in [0.29, 0.717) is 23.8 Å². The van der Waals surface area contributed by atoms with Gasteiger partial charge in [0.15, 0.2) is 0 Å². The van der Waals surface area contributed by atoms with Crippen LogP contribution >= 0.6 is 0 Å². The molecular formula is C15H23NO2. The van der Waals surface area contributed by atoms with Gasteiger partial charge >= 0.3 is 5.97 Å². The molecule has 0 amide bonds. The molecule has 0 atom stereocenters. The molecule has 0 bridgehead atoms. The highest BCUT2D eigenvalue weighted by atomic mass is 16.5. The Bertz CT molecular complexity index is 425. The van der Waals surface area contributed by atoms with Crippen LogP contribution in [0.15, 0.2) is 12.1 Å². The van der Waals surface area contributed by atoms with Crippen LogP contribution in [0.4, 0.5) is 5.69 Å². The van der Waals surface area contributed by atoms with Crippen LogP contribution in [0.25, 0.3) is 0 Å². The molecule has 2 N–H and O–H groups in total. The highest BCUT2D eigenvalue weighted by molar-refractivity contribution is 5.96. The van der Waals surface area contributed by atoms with Crippen LogP contribution < -0.4 is 5.73 Å². The number of nitrogen functional groups attached to an aromatic ring is 1. The van der Waals surface area contributed by atoms with Crippen molar-refractivity contribution in [1.29, 1.82) is 0 Å². The number of hydrogen-bond donors (Lipinski definition) is 1. The average Bonchev–Trinajstić information content (AvgIpc) is 2.28. The van der Waals surface area contributed by atoms with Crippen molar-refractivity contribution in [2.75, 3.05) is 12.3 Å². The third-order valence-corrected chi connectivity index (χ3v) is 2.91. The van der Waals surface area contributed by atoms with E-state index in [1.165, 1.54) is 0 Å². The lowest BCUT2D eigenvalue weighted by molar-refractivity contribution is 0.0496. The Morgan fingerprint density at radius 3 is 2.61 bits per heavy atom. The Morgan fingerprint density at radius 1 is 1.33 bits per heavy atom. The molecule has 0 spiro atoms. The minimum atomic E-state index is -0.317. The fraction of sp³-hybridized carbons (Fsp3) is 0.533. The van der Waals surface area contributed by atoms with Crippen molar-refractivity contribution < 1.29 is 9.53 Å². The van der Waals surface area contributed by atoms with Gasteiger partial charge in [0.05, 0.1) is 12.2 Å². The van der Waals surface area contributed by atoms with Crippen LogP contribution in [-0.4, -0.2) is 12.6 Å². The number of aryl methyl sites for hydroxylation is 2. The summed E-state index contributed by atoms with van der Waals surface area (Å²) in [4.78, 5) is 11.9. The van der Waals surface area contributed by atoms with Crippen LogP contribution in [0.2, 0.25) is 0 Å². The smallest absolute Gasteiger partial charge is 0.340 e. The third kappa shape index (κ3) is 4.06. The first-order chi connectivity index (χ1) is 8.41. The Labute approximate surface area is 109 Å². The summed E-state index contributed by atoms with van der Waals surface area (Å²) < 4.78 is 5.25. The van der Waals surface area contributed by atoms with Crippen LogP contribution in [0.1, 0.15) is 48.2 Å². The number of rotatable bonds is 5. The zero-order valence-electron chi connectivity index (χ0n) is 11.7. The van der Waals surface area contributed by atoms with Gasteiger partial charge in [-0.25, -0.2) is 4.79 Å².